The van der Waals surface area contributed by atoms with E-state index in [1.165, 1.54) is 19.3 Å². The van der Waals surface area contributed by atoms with Crippen LogP contribution in [0.4, 0.5) is 11.5 Å². The van der Waals surface area contributed by atoms with Crippen molar-refractivity contribution in [2.75, 3.05) is 10.6 Å². The third kappa shape index (κ3) is 4.38. The van der Waals surface area contributed by atoms with Gasteiger partial charge in [-0.15, -0.1) is 0 Å². The molecule has 1 aromatic rings. The summed E-state index contributed by atoms with van der Waals surface area (Å²) in [4.78, 5) is 16.1. The number of carbonyl (C=O) groups is 1. The molecule has 3 rings (SSSR count). The summed E-state index contributed by atoms with van der Waals surface area (Å²) in [5.41, 5.74) is 6.62. The lowest BCUT2D eigenvalue weighted by Gasteiger charge is -2.28. The molecule has 1 amide bonds. The van der Waals surface area contributed by atoms with Crippen molar-refractivity contribution in [1.29, 1.82) is 0 Å². The first-order valence-corrected chi connectivity index (χ1v) is 9.13. The minimum absolute atomic E-state index is 0.164. The van der Waals surface area contributed by atoms with Crippen molar-refractivity contribution < 1.29 is 9.90 Å². The van der Waals surface area contributed by atoms with Crippen LogP contribution in [0.3, 0.4) is 0 Å². The highest BCUT2D eigenvalue weighted by molar-refractivity contribution is 5.98. The number of anilines is 2. The molecule has 132 valence electrons. The molecule has 1 heterocycles. The predicted molar refractivity (Wildman–Crippen MR) is 95.1 cm³/mol. The number of rotatable bonds is 5. The SMILES string of the molecule is NC(=O)c1cnc(NC2CCCCC2)cc1NC1CCCC(O)C1. The molecule has 6 heteroatoms. The molecule has 0 spiro atoms. The zero-order chi connectivity index (χ0) is 16.9. The molecular formula is C18H28N4O2. The maximum absolute atomic E-state index is 11.7. The van der Waals surface area contributed by atoms with Gasteiger partial charge in [0.25, 0.3) is 5.91 Å². The number of aliphatic hydroxyl groups excluding tert-OH is 1. The molecule has 1 aromatic heterocycles. The van der Waals surface area contributed by atoms with Crippen molar-refractivity contribution in [3.05, 3.63) is 17.8 Å². The Bertz CT molecular complexity index is 572. The van der Waals surface area contributed by atoms with Crippen LogP contribution in [0.1, 0.15) is 68.1 Å². The number of nitrogens with zero attached hydrogens (tertiary/aromatic N) is 1. The third-order valence-electron chi connectivity index (χ3n) is 5.13. The zero-order valence-electron chi connectivity index (χ0n) is 14.1. The van der Waals surface area contributed by atoms with Crippen LogP contribution < -0.4 is 16.4 Å². The number of nitrogens with one attached hydrogen (secondary N) is 2. The van der Waals surface area contributed by atoms with E-state index in [9.17, 15) is 9.90 Å². The van der Waals surface area contributed by atoms with E-state index in [1.807, 2.05) is 6.07 Å². The van der Waals surface area contributed by atoms with E-state index in [0.717, 1.165) is 43.6 Å². The summed E-state index contributed by atoms with van der Waals surface area (Å²) in [6.07, 6.45) is 11.0. The molecule has 2 saturated carbocycles. The first-order chi connectivity index (χ1) is 11.6. The van der Waals surface area contributed by atoms with Crippen LogP contribution in [0.15, 0.2) is 12.3 Å². The molecule has 2 atom stereocenters. The normalized spacial score (nSPS) is 25.2. The van der Waals surface area contributed by atoms with Gasteiger partial charge in [0.05, 0.1) is 17.4 Å². The van der Waals surface area contributed by atoms with E-state index in [2.05, 4.69) is 15.6 Å². The number of aromatic nitrogens is 1. The Morgan fingerprint density at radius 1 is 1.08 bits per heavy atom. The molecule has 0 radical (unpaired) electrons. The van der Waals surface area contributed by atoms with Gasteiger partial charge in [0.1, 0.15) is 5.82 Å². The average Bonchev–Trinajstić information content (AvgIpc) is 2.56. The maximum atomic E-state index is 11.7. The van der Waals surface area contributed by atoms with E-state index < -0.39 is 5.91 Å². The highest BCUT2D eigenvalue weighted by Crippen LogP contribution is 2.27. The number of aliphatic hydroxyl groups is 1. The molecule has 2 unspecified atom stereocenters. The number of amides is 1. The van der Waals surface area contributed by atoms with Gasteiger partial charge in [0.15, 0.2) is 0 Å². The fourth-order valence-corrected chi connectivity index (χ4v) is 3.82. The van der Waals surface area contributed by atoms with Gasteiger partial charge in [0, 0.05) is 24.3 Å². The molecule has 0 saturated heterocycles. The van der Waals surface area contributed by atoms with Gasteiger partial charge < -0.3 is 21.5 Å². The number of nitrogens with two attached hydrogens (primary N) is 1. The van der Waals surface area contributed by atoms with Crippen LogP contribution in [0.25, 0.3) is 0 Å². The van der Waals surface area contributed by atoms with Crippen molar-refractivity contribution >= 4 is 17.4 Å². The van der Waals surface area contributed by atoms with Gasteiger partial charge in [0.2, 0.25) is 0 Å². The maximum Gasteiger partial charge on any atom is 0.252 e. The van der Waals surface area contributed by atoms with Crippen molar-refractivity contribution in [3.8, 4) is 0 Å². The lowest BCUT2D eigenvalue weighted by atomic mass is 9.92. The molecule has 0 aromatic carbocycles. The highest BCUT2D eigenvalue weighted by atomic mass is 16.3. The van der Waals surface area contributed by atoms with Gasteiger partial charge in [-0.05, 0) is 38.5 Å². The van der Waals surface area contributed by atoms with Gasteiger partial charge in [-0.25, -0.2) is 4.98 Å². The predicted octanol–water partition coefficient (Wildman–Crippen LogP) is 2.64. The highest BCUT2D eigenvalue weighted by Gasteiger charge is 2.22. The number of hydrogen-bond acceptors (Lipinski definition) is 5. The summed E-state index contributed by atoms with van der Waals surface area (Å²) >= 11 is 0. The summed E-state index contributed by atoms with van der Waals surface area (Å²) in [5.74, 6) is 0.302. The Labute approximate surface area is 143 Å². The summed E-state index contributed by atoms with van der Waals surface area (Å²) in [6.45, 7) is 0. The van der Waals surface area contributed by atoms with Crippen molar-refractivity contribution in [3.63, 3.8) is 0 Å². The largest absolute Gasteiger partial charge is 0.393 e. The molecular weight excluding hydrogens is 304 g/mol. The minimum Gasteiger partial charge on any atom is -0.393 e. The standard InChI is InChI=1S/C18H28N4O2/c19-18(24)15-11-20-17(22-12-5-2-1-3-6-12)10-16(15)21-13-7-4-8-14(23)9-13/h10-14,23H,1-9H2,(H2,19,24)(H2,20,21,22). The molecule has 0 bridgehead atoms. The monoisotopic (exact) mass is 332 g/mol. The van der Waals surface area contributed by atoms with Crippen LogP contribution in [0, 0.1) is 0 Å². The minimum atomic E-state index is -0.481. The molecule has 0 aliphatic heterocycles. The summed E-state index contributed by atoms with van der Waals surface area (Å²) in [5, 5.41) is 16.7. The first-order valence-electron chi connectivity index (χ1n) is 9.13. The number of hydrogen-bond donors (Lipinski definition) is 4. The lowest BCUT2D eigenvalue weighted by Crippen LogP contribution is -2.31. The molecule has 2 aliphatic carbocycles. The Morgan fingerprint density at radius 3 is 2.54 bits per heavy atom. The van der Waals surface area contributed by atoms with Crippen molar-refractivity contribution in [1.82, 2.24) is 4.98 Å². The zero-order valence-corrected chi connectivity index (χ0v) is 14.1. The number of carbonyl (C=O) groups excluding carboxylic acids is 1. The van der Waals surface area contributed by atoms with E-state index in [4.69, 9.17) is 5.73 Å². The number of pyridine rings is 1. The summed E-state index contributed by atoms with van der Waals surface area (Å²) in [6, 6.07) is 2.50. The van der Waals surface area contributed by atoms with E-state index in [-0.39, 0.29) is 12.1 Å². The second-order valence-electron chi connectivity index (χ2n) is 7.12. The van der Waals surface area contributed by atoms with Crippen LogP contribution >= 0.6 is 0 Å². The topological polar surface area (TPSA) is 100 Å². The van der Waals surface area contributed by atoms with E-state index in [0.29, 0.717) is 18.0 Å². The summed E-state index contributed by atoms with van der Waals surface area (Å²) in [7, 11) is 0. The Balaban J connectivity index is 1.73. The second kappa shape index (κ2) is 7.83. The van der Waals surface area contributed by atoms with Crippen molar-refractivity contribution in [2.45, 2.75) is 76.0 Å². The Kier molecular flexibility index (Phi) is 5.56. The first kappa shape index (κ1) is 17.0. The molecule has 6 nitrogen and oxygen atoms in total. The van der Waals surface area contributed by atoms with Crippen molar-refractivity contribution in [2.24, 2.45) is 5.73 Å². The van der Waals surface area contributed by atoms with E-state index in [1.54, 1.807) is 6.20 Å². The average molecular weight is 332 g/mol. The van der Waals surface area contributed by atoms with Crippen LogP contribution in [-0.2, 0) is 0 Å². The van der Waals surface area contributed by atoms with Crippen LogP contribution in [0.5, 0.6) is 0 Å². The molecule has 5 N–H and O–H groups in total. The van der Waals surface area contributed by atoms with Gasteiger partial charge in [-0.1, -0.05) is 19.3 Å². The second-order valence-corrected chi connectivity index (χ2v) is 7.12. The fraction of sp³-hybridized carbons (Fsp3) is 0.667. The van der Waals surface area contributed by atoms with Gasteiger partial charge in [-0.2, -0.15) is 0 Å². The van der Waals surface area contributed by atoms with Crippen LogP contribution in [-0.4, -0.2) is 34.2 Å². The third-order valence-corrected chi connectivity index (χ3v) is 5.13. The fourth-order valence-electron chi connectivity index (χ4n) is 3.82. The molecule has 2 fully saturated rings. The summed E-state index contributed by atoms with van der Waals surface area (Å²) < 4.78 is 0. The number of primary amides is 1. The quantitative estimate of drug-likeness (QED) is 0.664. The van der Waals surface area contributed by atoms with Gasteiger partial charge >= 0.3 is 0 Å². The Hall–Kier alpha value is -1.82. The Morgan fingerprint density at radius 2 is 1.83 bits per heavy atom. The van der Waals surface area contributed by atoms with Crippen LogP contribution in [0.2, 0.25) is 0 Å². The lowest BCUT2D eigenvalue weighted by molar-refractivity contribution is 0.100. The smallest absolute Gasteiger partial charge is 0.252 e. The van der Waals surface area contributed by atoms with Gasteiger partial charge in [-0.3, -0.25) is 4.79 Å². The van der Waals surface area contributed by atoms with E-state index >= 15 is 0 Å². The molecule has 2 aliphatic rings. The molecule has 24 heavy (non-hydrogen) atoms.